The van der Waals surface area contributed by atoms with Crippen molar-refractivity contribution in [2.75, 3.05) is 31.6 Å². The Morgan fingerprint density at radius 2 is 2.00 bits per heavy atom. The van der Waals surface area contributed by atoms with Crippen molar-refractivity contribution in [1.29, 1.82) is 0 Å². The summed E-state index contributed by atoms with van der Waals surface area (Å²) in [5.74, 6) is 0.952. The Bertz CT molecular complexity index is 989. The van der Waals surface area contributed by atoms with Gasteiger partial charge in [0.05, 0.1) is 30.8 Å². The van der Waals surface area contributed by atoms with E-state index in [0.29, 0.717) is 5.56 Å². The van der Waals surface area contributed by atoms with Crippen molar-refractivity contribution in [2.24, 2.45) is 0 Å². The summed E-state index contributed by atoms with van der Waals surface area (Å²) >= 11 is 0. The quantitative estimate of drug-likeness (QED) is 0.739. The van der Waals surface area contributed by atoms with Crippen LogP contribution in [-0.2, 0) is 17.8 Å². The number of hydrogen-bond donors (Lipinski definition) is 1. The molecular formula is C22H26N4O2. The molecule has 1 saturated heterocycles. The number of anilines is 1. The fourth-order valence-corrected chi connectivity index (χ4v) is 3.68. The maximum atomic E-state index is 12.5. The first-order valence-electron chi connectivity index (χ1n) is 9.81. The van der Waals surface area contributed by atoms with E-state index in [1.165, 1.54) is 0 Å². The molecule has 6 heteroatoms. The van der Waals surface area contributed by atoms with Crippen molar-refractivity contribution in [3.05, 3.63) is 59.4 Å². The van der Waals surface area contributed by atoms with E-state index >= 15 is 0 Å². The van der Waals surface area contributed by atoms with Crippen LogP contribution >= 0.6 is 0 Å². The van der Waals surface area contributed by atoms with Gasteiger partial charge in [-0.1, -0.05) is 17.7 Å². The predicted octanol–water partition coefficient (Wildman–Crippen LogP) is 3.45. The van der Waals surface area contributed by atoms with Gasteiger partial charge < -0.3 is 14.6 Å². The third-order valence-electron chi connectivity index (χ3n) is 5.15. The molecule has 0 bridgehead atoms. The zero-order valence-electron chi connectivity index (χ0n) is 16.4. The first-order chi connectivity index (χ1) is 13.6. The molecule has 1 aromatic heterocycles. The molecule has 146 valence electrons. The van der Waals surface area contributed by atoms with Crippen LogP contribution in [0.15, 0.2) is 42.5 Å². The van der Waals surface area contributed by atoms with Crippen LogP contribution in [0.25, 0.3) is 11.0 Å². The summed E-state index contributed by atoms with van der Waals surface area (Å²) in [6.07, 6.45) is 0. The van der Waals surface area contributed by atoms with Gasteiger partial charge in [0.25, 0.3) is 5.91 Å². The van der Waals surface area contributed by atoms with Crippen LogP contribution in [0.2, 0.25) is 0 Å². The predicted molar refractivity (Wildman–Crippen MR) is 111 cm³/mol. The van der Waals surface area contributed by atoms with Crippen molar-refractivity contribution in [3.8, 4) is 0 Å². The van der Waals surface area contributed by atoms with E-state index in [1.54, 1.807) is 0 Å². The number of morpholine rings is 1. The lowest BCUT2D eigenvalue weighted by Crippen LogP contribution is -2.36. The summed E-state index contributed by atoms with van der Waals surface area (Å²) in [6, 6.07) is 13.5. The summed E-state index contributed by atoms with van der Waals surface area (Å²) in [4.78, 5) is 19.8. The number of rotatable bonds is 5. The number of hydrogen-bond acceptors (Lipinski definition) is 4. The van der Waals surface area contributed by atoms with Gasteiger partial charge in [-0.3, -0.25) is 9.69 Å². The second kappa shape index (κ2) is 8.12. The molecule has 0 radical (unpaired) electrons. The fourth-order valence-electron chi connectivity index (χ4n) is 3.68. The van der Waals surface area contributed by atoms with Crippen molar-refractivity contribution < 1.29 is 9.53 Å². The van der Waals surface area contributed by atoms with Gasteiger partial charge in [0.1, 0.15) is 5.82 Å². The maximum absolute atomic E-state index is 12.5. The number of aryl methyl sites for hydroxylation is 2. The zero-order chi connectivity index (χ0) is 19.5. The molecule has 2 aromatic carbocycles. The van der Waals surface area contributed by atoms with Gasteiger partial charge in [-0.2, -0.15) is 0 Å². The third-order valence-corrected chi connectivity index (χ3v) is 5.15. The summed E-state index contributed by atoms with van der Waals surface area (Å²) < 4.78 is 7.69. The lowest BCUT2D eigenvalue weighted by atomic mass is 10.1. The standard InChI is InChI=1S/C22H26N4O2/c1-3-26-20-8-7-18(23-22(27)17-6-4-5-16(2)13-17)14-19(20)24-21(26)15-25-9-11-28-12-10-25/h4-8,13-14H,3,9-12,15H2,1-2H3,(H,23,27). The Kier molecular flexibility index (Phi) is 5.41. The topological polar surface area (TPSA) is 59.4 Å². The Labute approximate surface area is 165 Å². The molecule has 0 aliphatic carbocycles. The average Bonchev–Trinajstić information content (AvgIpc) is 3.04. The van der Waals surface area contributed by atoms with Crippen molar-refractivity contribution in [1.82, 2.24) is 14.5 Å². The Morgan fingerprint density at radius 1 is 1.18 bits per heavy atom. The lowest BCUT2D eigenvalue weighted by molar-refractivity contribution is 0.0327. The van der Waals surface area contributed by atoms with E-state index in [4.69, 9.17) is 9.72 Å². The zero-order valence-corrected chi connectivity index (χ0v) is 16.4. The van der Waals surface area contributed by atoms with Crippen LogP contribution in [0.3, 0.4) is 0 Å². The molecule has 1 N–H and O–H groups in total. The van der Waals surface area contributed by atoms with Gasteiger partial charge in [-0.25, -0.2) is 4.98 Å². The van der Waals surface area contributed by atoms with Gasteiger partial charge in [0.2, 0.25) is 0 Å². The van der Waals surface area contributed by atoms with Gasteiger partial charge in [-0.05, 0) is 44.2 Å². The van der Waals surface area contributed by atoms with Gasteiger partial charge in [-0.15, -0.1) is 0 Å². The molecule has 28 heavy (non-hydrogen) atoms. The van der Waals surface area contributed by atoms with Crippen LogP contribution in [0.5, 0.6) is 0 Å². The van der Waals surface area contributed by atoms with Gasteiger partial charge in [0, 0.05) is 30.9 Å². The monoisotopic (exact) mass is 378 g/mol. The first-order valence-corrected chi connectivity index (χ1v) is 9.81. The minimum atomic E-state index is -0.105. The van der Waals surface area contributed by atoms with Crippen LogP contribution in [0, 0.1) is 6.92 Å². The number of nitrogens with zero attached hydrogens (tertiary/aromatic N) is 3. The Hall–Kier alpha value is -2.70. The molecule has 2 heterocycles. The summed E-state index contributed by atoms with van der Waals surface area (Å²) in [5.41, 5.74) is 4.49. The molecule has 0 atom stereocenters. The molecule has 1 fully saturated rings. The van der Waals surface area contributed by atoms with E-state index in [9.17, 15) is 4.79 Å². The van der Waals surface area contributed by atoms with Crippen molar-refractivity contribution in [2.45, 2.75) is 26.9 Å². The minimum absolute atomic E-state index is 0.105. The molecule has 4 rings (SSSR count). The molecule has 3 aromatic rings. The highest BCUT2D eigenvalue weighted by atomic mass is 16.5. The number of ether oxygens (including phenoxy) is 1. The second-order valence-electron chi connectivity index (χ2n) is 7.19. The summed E-state index contributed by atoms with van der Waals surface area (Å²) in [7, 11) is 0. The number of carbonyl (C=O) groups excluding carboxylic acids is 1. The van der Waals surface area contributed by atoms with E-state index in [0.717, 1.165) is 67.5 Å². The van der Waals surface area contributed by atoms with E-state index in [-0.39, 0.29) is 5.91 Å². The number of carbonyl (C=O) groups is 1. The maximum Gasteiger partial charge on any atom is 0.255 e. The lowest BCUT2D eigenvalue weighted by Gasteiger charge is -2.26. The SMILES string of the molecule is CCn1c(CN2CCOCC2)nc2cc(NC(=O)c3cccc(C)c3)ccc21. The smallest absolute Gasteiger partial charge is 0.255 e. The molecule has 1 aliphatic heterocycles. The molecule has 0 saturated carbocycles. The van der Waals surface area contributed by atoms with Crippen LogP contribution in [0.1, 0.15) is 28.7 Å². The molecule has 1 aliphatic rings. The largest absolute Gasteiger partial charge is 0.379 e. The van der Waals surface area contributed by atoms with Crippen molar-refractivity contribution in [3.63, 3.8) is 0 Å². The van der Waals surface area contributed by atoms with Crippen LogP contribution < -0.4 is 5.32 Å². The number of benzene rings is 2. The average molecular weight is 378 g/mol. The molecule has 6 nitrogen and oxygen atoms in total. The summed E-state index contributed by atoms with van der Waals surface area (Å²) in [5, 5.41) is 2.99. The highest BCUT2D eigenvalue weighted by Gasteiger charge is 2.16. The fraction of sp³-hybridized carbons (Fsp3) is 0.364. The number of amides is 1. The van der Waals surface area contributed by atoms with Crippen LogP contribution in [-0.4, -0.2) is 46.7 Å². The number of nitrogens with one attached hydrogen (secondary N) is 1. The molecule has 1 amide bonds. The van der Waals surface area contributed by atoms with Crippen molar-refractivity contribution >= 4 is 22.6 Å². The Morgan fingerprint density at radius 3 is 2.75 bits per heavy atom. The normalized spacial score (nSPS) is 15.1. The number of fused-ring (bicyclic) bond motifs is 1. The molecule has 0 spiro atoms. The number of aromatic nitrogens is 2. The highest BCUT2D eigenvalue weighted by Crippen LogP contribution is 2.22. The van der Waals surface area contributed by atoms with Gasteiger partial charge >= 0.3 is 0 Å². The van der Waals surface area contributed by atoms with E-state index in [1.807, 2.05) is 49.4 Å². The third kappa shape index (κ3) is 3.93. The second-order valence-corrected chi connectivity index (χ2v) is 7.19. The highest BCUT2D eigenvalue weighted by molar-refractivity contribution is 6.05. The van der Waals surface area contributed by atoms with E-state index < -0.39 is 0 Å². The van der Waals surface area contributed by atoms with E-state index in [2.05, 4.69) is 21.7 Å². The van der Waals surface area contributed by atoms with Crippen LogP contribution in [0.4, 0.5) is 5.69 Å². The first kappa shape index (κ1) is 18.7. The summed E-state index contributed by atoms with van der Waals surface area (Å²) in [6.45, 7) is 9.23. The van der Waals surface area contributed by atoms with Gasteiger partial charge in [0.15, 0.2) is 0 Å². The molecular weight excluding hydrogens is 352 g/mol. The minimum Gasteiger partial charge on any atom is -0.379 e. The molecule has 0 unspecified atom stereocenters. The Balaban J connectivity index is 1.57. The number of imidazole rings is 1.